The summed E-state index contributed by atoms with van der Waals surface area (Å²) in [6.07, 6.45) is -2.43. The van der Waals surface area contributed by atoms with E-state index in [1.807, 2.05) is 6.07 Å². The van der Waals surface area contributed by atoms with Crippen molar-refractivity contribution in [1.82, 2.24) is 0 Å². The van der Waals surface area contributed by atoms with Crippen molar-refractivity contribution >= 4 is 5.97 Å². The van der Waals surface area contributed by atoms with Gasteiger partial charge in [-0.1, -0.05) is 24.6 Å². The van der Waals surface area contributed by atoms with Gasteiger partial charge >= 0.3 is 5.97 Å². The first-order chi connectivity index (χ1) is 11.0. The highest BCUT2D eigenvalue weighted by molar-refractivity contribution is 5.75. The summed E-state index contributed by atoms with van der Waals surface area (Å²) < 4.78 is 37.2. The predicted octanol–water partition coefficient (Wildman–Crippen LogP) is 3.15. The van der Waals surface area contributed by atoms with Gasteiger partial charge in [-0.25, -0.2) is 8.78 Å². The van der Waals surface area contributed by atoms with Crippen molar-refractivity contribution in [3.05, 3.63) is 30.3 Å². The molecular weight excluding hydrogens is 304 g/mol. The molecular formula is C17H23F2NO3. The minimum Gasteiger partial charge on any atom is -0.486 e. The highest BCUT2D eigenvalue weighted by atomic mass is 19.3. The van der Waals surface area contributed by atoms with Crippen LogP contribution in [0.4, 0.5) is 8.78 Å². The fraction of sp³-hybridized carbons (Fsp3) is 0.588. The largest absolute Gasteiger partial charge is 0.486 e. The number of rotatable bonds is 4. The summed E-state index contributed by atoms with van der Waals surface area (Å²) in [5, 5.41) is 0. The Hall–Kier alpha value is -1.69. The third-order valence-electron chi connectivity index (χ3n) is 4.12. The standard InChI is InChI=1S/C17H23F2NO3/c1-11-16(23-13-7-3-2-4-8-13)12(10-15(18)19)6-5-9-14(20)17(21)22-11/h2-4,7-8,11-12,14-16H,5-6,9-10,20H2,1H3. The minimum atomic E-state index is -2.43. The van der Waals surface area contributed by atoms with E-state index in [2.05, 4.69) is 0 Å². The molecule has 1 aromatic carbocycles. The molecule has 1 fully saturated rings. The molecule has 23 heavy (non-hydrogen) atoms. The van der Waals surface area contributed by atoms with Crippen molar-refractivity contribution in [3.8, 4) is 5.75 Å². The Morgan fingerprint density at radius 2 is 2.00 bits per heavy atom. The zero-order valence-corrected chi connectivity index (χ0v) is 13.2. The minimum absolute atomic E-state index is 0.283. The Kier molecular flexibility index (Phi) is 6.33. The molecule has 1 aromatic rings. The lowest BCUT2D eigenvalue weighted by molar-refractivity contribution is -0.155. The first-order valence-corrected chi connectivity index (χ1v) is 7.93. The topological polar surface area (TPSA) is 61.5 Å². The number of ether oxygens (including phenoxy) is 2. The Morgan fingerprint density at radius 1 is 1.30 bits per heavy atom. The van der Waals surface area contributed by atoms with Crippen LogP contribution in [0.15, 0.2) is 30.3 Å². The van der Waals surface area contributed by atoms with Crippen LogP contribution < -0.4 is 10.5 Å². The van der Waals surface area contributed by atoms with Gasteiger partial charge in [0.05, 0.1) is 0 Å². The van der Waals surface area contributed by atoms with E-state index in [1.54, 1.807) is 31.2 Å². The average molecular weight is 327 g/mol. The quantitative estimate of drug-likeness (QED) is 0.863. The second kappa shape index (κ2) is 8.24. The number of esters is 1. The van der Waals surface area contributed by atoms with E-state index in [0.29, 0.717) is 25.0 Å². The summed E-state index contributed by atoms with van der Waals surface area (Å²) >= 11 is 0. The smallest absolute Gasteiger partial charge is 0.323 e. The van der Waals surface area contributed by atoms with Gasteiger partial charge in [0.2, 0.25) is 6.43 Å². The molecule has 0 bridgehead atoms. The fourth-order valence-corrected chi connectivity index (χ4v) is 2.93. The molecule has 1 heterocycles. The van der Waals surface area contributed by atoms with Crippen LogP contribution in [0.5, 0.6) is 5.75 Å². The monoisotopic (exact) mass is 327 g/mol. The Balaban J connectivity index is 2.21. The average Bonchev–Trinajstić information content (AvgIpc) is 2.55. The maximum atomic E-state index is 13.0. The molecule has 0 saturated carbocycles. The van der Waals surface area contributed by atoms with Crippen LogP contribution in [0.25, 0.3) is 0 Å². The van der Waals surface area contributed by atoms with E-state index in [1.165, 1.54) is 0 Å². The number of hydrogen-bond acceptors (Lipinski definition) is 4. The molecule has 2 rings (SSSR count). The van der Waals surface area contributed by atoms with E-state index < -0.39 is 36.6 Å². The molecule has 4 unspecified atom stereocenters. The Bertz CT molecular complexity index is 498. The van der Waals surface area contributed by atoms with Gasteiger partial charge in [-0.2, -0.15) is 0 Å². The lowest BCUT2D eigenvalue weighted by Crippen LogP contribution is -2.42. The molecule has 0 spiro atoms. The Labute approximate surface area is 134 Å². The van der Waals surface area contributed by atoms with Gasteiger partial charge < -0.3 is 15.2 Å². The third-order valence-corrected chi connectivity index (χ3v) is 4.12. The fourth-order valence-electron chi connectivity index (χ4n) is 2.93. The number of hydrogen-bond donors (Lipinski definition) is 1. The molecule has 0 amide bonds. The summed E-state index contributed by atoms with van der Waals surface area (Å²) in [4.78, 5) is 11.9. The van der Waals surface area contributed by atoms with Crippen LogP contribution in [-0.2, 0) is 9.53 Å². The molecule has 128 valence electrons. The molecule has 0 aromatic heterocycles. The maximum absolute atomic E-state index is 13.0. The molecule has 1 saturated heterocycles. The molecule has 1 aliphatic rings. The summed E-state index contributed by atoms with van der Waals surface area (Å²) in [5.74, 6) is -0.330. The number of halogens is 2. The lowest BCUT2D eigenvalue weighted by atomic mass is 9.89. The van der Waals surface area contributed by atoms with Gasteiger partial charge in [-0.05, 0) is 31.9 Å². The van der Waals surface area contributed by atoms with Crippen LogP contribution in [-0.4, -0.2) is 30.6 Å². The van der Waals surface area contributed by atoms with Crippen LogP contribution in [0.1, 0.15) is 32.6 Å². The zero-order valence-electron chi connectivity index (χ0n) is 13.2. The van der Waals surface area contributed by atoms with E-state index in [0.717, 1.165) is 0 Å². The number of carbonyl (C=O) groups excluding carboxylic acids is 1. The van der Waals surface area contributed by atoms with Crippen molar-refractivity contribution in [2.24, 2.45) is 11.7 Å². The number of alkyl halides is 2. The van der Waals surface area contributed by atoms with Gasteiger partial charge in [-0.3, -0.25) is 4.79 Å². The second-order valence-corrected chi connectivity index (χ2v) is 5.96. The first kappa shape index (κ1) is 17.7. The first-order valence-electron chi connectivity index (χ1n) is 7.93. The molecule has 4 atom stereocenters. The van der Waals surface area contributed by atoms with Crippen LogP contribution in [0.2, 0.25) is 0 Å². The normalized spacial score (nSPS) is 29.3. The van der Waals surface area contributed by atoms with Crippen molar-refractivity contribution in [3.63, 3.8) is 0 Å². The SMILES string of the molecule is CC1OC(=O)C(N)CCCC(CC(F)F)C1Oc1ccccc1. The molecule has 4 nitrogen and oxygen atoms in total. The van der Waals surface area contributed by atoms with E-state index in [9.17, 15) is 13.6 Å². The lowest BCUT2D eigenvalue weighted by Gasteiger charge is -2.31. The number of para-hydroxylation sites is 1. The van der Waals surface area contributed by atoms with Gasteiger partial charge in [0.1, 0.15) is 24.0 Å². The number of nitrogens with two attached hydrogens (primary N) is 1. The van der Waals surface area contributed by atoms with Crippen LogP contribution >= 0.6 is 0 Å². The molecule has 2 N–H and O–H groups in total. The van der Waals surface area contributed by atoms with E-state index >= 15 is 0 Å². The Morgan fingerprint density at radius 3 is 2.65 bits per heavy atom. The molecule has 0 aliphatic carbocycles. The van der Waals surface area contributed by atoms with Crippen LogP contribution in [0, 0.1) is 5.92 Å². The number of cyclic esters (lactones) is 1. The van der Waals surface area contributed by atoms with Crippen molar-refractivity contribution < 1.29 is 23.0 Å². The molecule has 6 heteroatoms. The molecule has 1 aliphatic heterocycles. The van der Waals surface area contributed by atoms with Crippen LogP contribution in [0.3, 0.4) is 0 Å². The maximum Gasteiger partial charge on any atom is 0.323 e. The highest BCUT2D eigenvalue weighted by Crippen LogP contribution is 2.29. The van der Waals surface area contributed by atoms with Crippen molar-refractivity contribution in [2.75, 3.05) is 0 Å². The van der Waals surface area contributed by atoms with Gasteiger partial charge in [0.25, 0.3) is 0 Å². The summed E-state index contributed by atoms with van der Waals surface area (Å²) in [6, 6.07) is 8.26. The third kappa shape index (κ3) is 5.16. The van der Waals surface area contributed by atoms with Gasteiger partial charge in [-0.15, -0.1) is 0 Å². The zero-order chi connectivity index (χ0) is 16.8. The van der Waals surface area contributed by atoms with Gasteiger partial charge in [0, 0.05) is 12.3 Å². The second-order valence-electron chi connectivity index (χ2n) is 5.96. The van der Waals surface area contributed by atoms with Crippen molar-refractivity contribution in [2.45, 2.75) is 57.3 Å². The number of benzene rings is 1. The predicted molar refractivity (Wildman–Crippen MR) is 82.3 cm³/mol. The van der Waals surface area contributed by atoms with Gasteiger partial charge in [0.15, 0.2) is 0 Å². The summed E-state index contributed by atoms with van der Waals surface area (Å²) in [5.41, 5.74) is 5.76. The highest BCUT2D eigenvalue weighted by Gasteiger charge is 2.35. The van der Waals surface area contributed by atoms with Crippen molar-refractivity contribution in [1.29, 1.82) is 0 Å². The van der Waals surface area contributed by atoms with E-state index in [-0.39, 0.29) is 6.42 Å². The molecule has 0 radical (unpaired) electrons. The number of carbonyl (C=O) groups is 1. The summed E-state index contributed by atoms with van der Waals surface area (Å²) in [7, 11) is 0. The van der Waals surface area contributed by atoms with E-state index in [4.69, 9.17) is 15.2 Å². The summed E-state index contributed by atoms with van der Waals surface area (Å²) in [6.45, 7) is 1.67.